The van der Waals surface area contributed by atoms with Crippen molar-refractivity contribution >= 4 is 5.52 Å². The fraction of sp³-hybridized carbons (Fsp3) is 0.0625. The zero-order valence-electron chi connectivity index (χ0n) is 11.9. The molecule has 6 heteroatoms. The number of nitriles is 1. The smallest absolute Gasteiger partial charge is 0.108 e. The number of hydrogen-bond donors (Lipinski definition) is 0. The van der Waals surface area contributed by atoms with Crippen LogP contribution in [0.3, 0.4) is 0 Å². The molecule has 0 aliphatic carbocycles. The Hall–Kier alpha value is -3.33. The predicted molar refractivity (Wildman–Crippen MR) is 81.4 cm³/mol. The minimum Gasteiger partial charge on any atom is -0.322 e. The number of nitrogens with zero attached hydrogens (tertiary/aromatic N) is 6. The van der Waals surface area contributed by atoms with Crippen LogP contribution in [-0.4, -0.2) is 24.0 Å². The highest BCUT2D eigenvalue weighted by molar-refractivity contribution is 5.77. The molecule has 4 aromatic rings. The van der Waals surface area contributed by atoms with Crippen molar-refractivity contribution in [2.24, 2.45) is 7.05 Å². The average Bonchev–Trinajstić information content (AvgIpc) is 3.26. The third kappa shape index (κ3) is 1.80. The van der Waals surface area contributed by atoms with Gasteiger partial charge in [-0.15, -0.1) is 0 Å². The van der Waals surface area contributed by atoms with Crippen molar-refractivity contribution in [3.63, 3.8) is 0 Å². The van der Waals surface area contributed by atoms with E-state index in [4.69, 9.17) is 0 Å². The van der Waals surface area contributed by atoms with E-state index >= 15 is 0 Å². The molecule has 22 heavy (non-hydrogen) atoms. The van der Waals surface area contributed by atoms with E-state index < -0.39 is 0 Å². The standard InChI is InChI=1S/C16H12N6/c1-20-10-14(9-18-20)12-6-15(21-4-2-3-5-21)16-13(7-17)8-19-22(16)11-12/h2-6,8-11H,1H3. The van der Waals surface area contributed by atoms with Gasteiger partial charge >= 0.3 is 0 Å². The molecule has 4 heterocycles. The predicted octanol–water partition coefficient (Wildman–Crippen LogP) is 2.40. The molecule has 6 nitrogen and oxygen atoms in total. The van der Waals surface area contributed by atoms with E-state index in [1.54, 1.807) is 15.4 Å². The molecule has 0 spiro atoms. The summed E-state index contributed by atoms with van der Waals surface area (Å²) in [4.78, 5) is 0. The summed E-state index contributed by atoms with van der Waals surface area (Å²) in [5, 5.41) is 17.8. The number of aromatic nitrogens is 5. The summed E-state index contributed by atoms with van der Waals surface area (Å²) < 4.78 is 5.49. The molecule has 0 N–H and O–H groups in total. The van der Waals surface area contributed by atoms with Crippen LogP contribution in [0.15, 0.2) is 55.4 Å². The van der Waals surface area contributed by atoms with E-state index in [9.17, 15) is 5.26 Å². The van der Waals surface area contributed by atoms with Crippen LogP contribution in [-0.2, 0) is 7.05 Å². The highest BCUT2D eigenvalue weighted by Gasteiger charge is 2.13. The Balaban J connectivity index is 2.05. The second-order valence-electron chi connectivity index (χ2n) is 5.07. The van der Waals surface area contributed by atoms with Crippen LogP contribution in [0.5, 0.6) is 0 Å². The molecule has 0 aliphatic heterocycles. The van der Waals surface area contributed by atoms with Gasteiger partial charge in [-0.3, -0.25) is 4.68 Å². The summed E-state index contributed by atoms with van der Waals surface area (Å²) in [6, 6.07) is 8.16. The van der Waals surface area contributed by atoms with Gasteiger partial charge < -0.3 is 4.57 Å². The van der Waals surface area contributed by atoms with Gasteiger partial charge in [-0.2, -0.15) is 15.5 Å². The number of hydrogen-bond acceptors (Lipinski definition) is 3. The summed E-state index contributed by atoms with van der Waals surface area (Å²) in [5.41, 5.74) is 4.27. The van der Waals surface area contributed by atoms with Crippen molar-refractivity contribution < 1.29 is 0 Å². The van der Waals surface area contributed by atoms with E-state index in [0.717, 1.165) is 22.3 Å². The van der Waals surface area contributed by atoms with Gasteiger partial charge in [0.05, 0.1) is 23.6 Å². The molecular weight excluding hydrogens is 276 g/mol. The SMILES string of the molecule is Cn1cc(-c2cc(-n3cccc3)c3c(C#N)cnn3c2)cn1. The number of pyridine rings is 1. The molecule has 0 atom stereocenters. The fourth-order valence-electron chi connectivity index (χ4n) is 2.60. The highest BCUT2D eigenvalue weighted by Crippen LogP contribution is 2.27. The van der Waals surface area contributed by atoms with Gasteiger partial charge in [-0.05, 0) is 18.2 Å². The van der Waals surface area contributed by atoms with Crippen LogP contribution in [0.25, 0.3) is 22.3 Å². The Kier molecular flexibility index (Phi) is 2.60. The molecule has 0 radical (unpaired) electrons. The van der Waals surface area contributed by atoms with Gasteiger partial charge in [0.1, 0.15) is 11.6 Å². The van der Waals surface area contributed by atoms with Crippen molar-refractivity contribution in [1.29, 1.82) is 5.26 Å². The minimum atomic E-state index is 0.557. The summed E-state index contributed by atoms with van der Waals surface area (Å²) >= 11 is 0. The van der Waals surface area contributed by atoms with E-state index in [-0.39, 0.29) is 0 Å². The van der Waals surface area contributed by atoms with E-state index in [1.165, 1.54) is 0 Å². The Morgan fingerprint density at radius 2 is 1.86 bits per heavy atom. The van der Waals surface area contributed by atoms with Crippen molar-refractivity contribution in [3.05, 3.63) is 60.9 Å². The second kappa shape index (κ2) is 4.60. The third-order valence-electron chi connectivity index (χ3n) is 3.63. The van der Waals surface area contributed by atoms with Crippen LogP contribution in [0.4, 0.5) is 0 Å². The lowest BCUT2D eigenvalue weighted by molar-refractivity contribution is 0.768. The Bertz CT molecular complexity index is 997. The summed E-state index contributed by atoms with van der Waals surface area (Å²) in [6.07, 6.45) is 11.2. The van der Waals surface area contributed by atoms with Gasteiger partial charge in [0.2, 0.25) is 0 Å². The van der Waals surface area contributed by atoms with Crippen LogP contribution in [0.1, 0.15) is 5.56 Å². The normalized spacial score (nSPS) is 10.9. The molecule has 4 aromatic heterocycles. The van der Waals surface area contributed by atoms with Gasteiger partial charge in [0.15, 0.2) is 0 Å². The molecule has 0 amide bonds. The average molecular weight is 288 g/mol. The van der Waals surface area contributed by atoms with Crippen molar-refractivity contribution in [2.75, 3.05) is 0 Å². The Morgan fingerprint density at radius 3 is 2.55 bits per heavy atom. The summed E-state index contributed by atoms with van der Waals surface area (Å²) in [7, 11) is 1.89. The van der Waals surface area contributed by atoms with Crippen LogP contribution >= 0.6 is 0 Å². The maximum absolute atomic E-state index is 9.31. The van der Waals surface area contributed by atoms with Crippen LogP contribution < -0.4 is 0 Å². The molecular formula is C16H12N6. The molecule has 0 saturated carbocycles. The molecule has 0 aliphatic rings. The molecule has 0 bridgehead atoms. The maximum Gasteiger partial charge on any atom is 0.108 e. The zero-order chi connectivity index (χ0) is 15.1. The lowest BCUT2D eigenvalue weighted by atomic mass is 10.1. The topological polar surface area (TPSA) is 63.8 Å². The van der Waals surface area contributed by atoms with Gasteiger partial charge in [0.25, 0.3) is 0 Å². The van der Waals surface area contributed by atoms with E-state index in [0.29, 0.717) is 5.56 Å². The Labute approximate surface area is 126 Å². The fourth-order valence-corrected chi connectivity index (χ4v) is 2.60. The van der Waals surface area contributed by atoms with Crippen LogP contribution in [0, 0.1) is 11.3 Å². The molecule has 0 saturated heterocycles. The first-order valence-corrected chi connectivity index (χ1v) is 6.80. The number of fused-ring (bicyclic) bond motifs is 1. The first kappa shape index (κ1) is 12.4. The second-order valence-corrected chi connectivity index (χ2v) is 5.07. The van der Waals surface area contributed by atoms with Gasteiger partial charge in [-0.25, -0.2) is 4.52 Å². The summed E-state index contributed by atoms with van der Waals surface area (Å²) in [5.74, 6) is 0. The molecule has 4 rings (SSSR count). The third-order valence-corrected chi connectivity index (χ3v) is 3.63. The molecule has 106 valence electrons. The van der Waals surface area contributed by atoms with Crippen molar-refractivity contribution in [2.45, 2.75) is 0 Å². The van der Waals surface area contributed by atoms with Gasteiger partial charge in [-0.1, -0.05) is 0 Å². The largest absolute Gasteiger partial charge is 0.322 e. The zero-order valence-corrected chi connectivity index (χ0v) is 11.9. The lowest BCUT2D eigenvalue weighted by Crippen LogP contribution is -1.98. The maximum atomic E-state index is 9.31. The van der Waals surface area contributed by atoms with Crippen molar-refractivity contribution in [1.82, 2.24) is 24.0 Å². The molecule has 0 unspecified atom stereocenters. The first-order valence-electron chi connectivity index (χ1n) is 6.80. The molecule has 0 aromatic carbocycles. The number of rotatable bonds is 2. The van der Waals surface area contributed by atoms with Crippen LogP contribution in [0.2, 0.25) is 0 Å². The van der Waals surface area contributed by atoms with Crippen molar-refractivity contribution in [3.8, 4) is 22.9 Å². The van der Waals surface area contributed by atoms with E-state index in [2.05, 4.69) is 22.3 Å². The monoisotopic (exact) mass is 288 g/mol. The number of aryl methyl sites for hydroxylation is 1. The first-order chi connectivity index (χ1) is 10.8. The quantitative estimate of drug-likeness (QED) is 0.569. The van der Waals surface area contributed by atoms with Gasteiger partial charge in [0, 0.05) is 43.0 Å². The molecule has 0 fully saturated rings. The minimum absolute atomic E-state index is 0.557. The highest BCUT2D eigenvalue weighted by atomic mass is 15.2. The lowest BCUT2D eigenvalue weighted by Gasteiger charge is -2.09. The Morgan fingerprint density at radius 1 is 1.05 bits per heavy atom. The summed E-state index contributed by atoms with van der Waals surface area (Å²) in [6.45, 7) is 0. The van der Waals surface area contributed by atoms with E-state index in [1.807, 2.05) is 54.7 Å².